The molecule has 1 aromatic heterocycles. The first-order valence-electron chi connectivity index (χ1n) is 12.3. The molecule has 1 aliphatic rings. The summed E-state index contributed by atoms with van der Waals surface area (Å²) in [5.41, 5.74) is 3.96. The van der Waals surface area contributed by atoms with E-state index in [9.17, 15) is 27.9 Å². The Morgan fingerprint density at radius 2 is 1.72 bits per heavy atom. The van der Waals surface area contributed by atoms with Gasteiger partial charge in [0.1, 0.15) is 11.6 Å². The second-order valence-electron chi connectivity index (χ2n) is 9.62. The quantitative estimate of drug-likeness (QED) is 0.363. The van der Waals surface area contributed by atoms with E-state index in [0.29, 0.717) is 41.8 Å². The zero-order valence-electron chi connectivity index (χ0n) is 21.1. The Hall–Kier alpha value is -4.44. The van der Waals surface area contributed by atoms with Crippen LogP contribution in [0.4, 0.5) is 0 Å². The first-order valence-corrected chi connectivity index (χ1v) is 14.2. The molecule has 9 nitrogen and oxygen atoms in total. The molecule has 0 spiro atoms. The third kappa shape index (κ3) is 5.70. The van der Waals surface area contributed by atoms with Crippen molar-refractivity contribution in [1.82, 2.24) is 10.2 Å². The Bertz CT molecular complexity index is 1690. The number of sulfone groups is 1. The van der Waals surface area contributed by atoms with Crippen LogP contribution in [-0.4, -0.2) is 55.1 Å². The molecule has 200 valence electrons. The monoisotopic (exact) mass is 546 g/mol. The van der Waals surface area contributed by atoms with Crippen LogP contribution >= 0.6 is 0 Å². The fraction of sp³-hybridized carbons (Fsp3) is 0.207. The fourth-order valence-corrected chi connectivity index (χ4v) is 5.32. The smallest absolute Gasteiger partial charge is 0.326 e. The molecule has 3 aromatic carbocycles. The van der Waals surface area contributed by atoms with Crippen LogP contribution in [0.1, 0.15) is 37.4 Å². The molecule has 0 bridgehead atoms. The van der Waals surface area contributed by atoms with Gasteiger partial charge in [-0.15, -0.1) is 0 Å². The van der Waals surface area contributed by atoms with Crippen LogP contribution in [0.5, 0.6) is 0 Å². The number of aliphatic carboxylic acids is 1. The van der Waals surface area contributed by atoms with Crippen LogP contribution in [-0.2, 0) is 34.0 Å². The van der Waals surface area contributed by atoms with Gasteiger partial charge in [-0.25, -0.2) is 13.2 Å². The molecule has 10 heteroatoms. The third-order valence-corrected chi connectivity index (χ3v) is 7.99. The molecule has 0 unspecified atom stereocenters. The lowest BCUT2D eigenvalue weighted by Crippen LogP contribution is -2.42. The van der Waals surface area contributed by atoms with Gasteiger partial charge in [-0.3, -0.25) is 9.59 Å². The predicted molar refractivity (Wildman–Crippen MR) is 143 cm³/mol. The molecule has 39 heavy (non-hydrogen) atoms. The first-order chi connectivity index (χ1) is 18.6. The number of carboxylic acids is 1. The summed E-state index contributed by atoms with van der Waals surface area (Å²) in [7, 11) is -3.37. The predicted octanol–water partition coefficient (Wildman–Crippen LogP) is 3.46. The highest BCUT2D eigenvalue weighted by Crippen LogP contribution is 2.24. The molecule has 0 aliphatic carbocycles. The van der Waals surface area contributed by atoms with Crippen LogP contribution in [0, 0.1) is 0 Å². The van der Waals surface area contributed by atoms with Crippen molar-refractivity contribution >= 4 is 38.6 Å². The van der Waals surface area contributed by atoms with Crippen molar-refractivity contribution in [2.24, 2.45) is 0 Å². The molecule has 5 rings (SSSR count). The Labute approximate surface area is 225 Å². The number of carboxylic acid groups (broad SMARTS) is 1. The number of carbonyl (C=O) groups is 3. The molecule has 1 atom stereocenters. The zero-order chi connectivity index (χ0) is 27.7. The number of fused-ring (bicyclic) bond motifs is 2. The molecule has 1 aliphatic heterocycles. The minimum absolute atomic E-state index is 0.00305. The molecular formula is C29H26N2O7S. The van der Waals surface area contributed by atoms with E-state index in [0.717, 1.165) is 22.8 Å². The van der Waals surface area contributed by atoms with Gasteiger partial charge in [-0.2, -0.15) is 0 Å². The van der Waals surface area contributed by atoms with Crippen molar-refractivity contribution in [3.05, 3.63) is 101 Å². The second-order valence-corrected chi connectivity index (χ2v) is 11.6. The van der Waals surface area contributed by atoms with Crippen LogP contribution in [0.2, 0.25) is 0 Å². The number of furan rings is 1. The molecule has 2 heterocycles. The number of hydrogen-bond acceptors (Lipinski definition) is 6. The lowest BCUT2D eigenvalue weighted by Gasteiger charge is -2.29. The minimum atomic E-state index is -3.37. The van der Waals surface area contributed by atoms with E-state index in [2.05, 4.69) is 5.32 Å². The maximum absolute atomic E-state index is 13.1. The average Bonchev–Trinajstić information content (AvgIpc) is 3.39. The summed E-state index contributed by atoms with van der Waals surface area (Å²) in [6.07, 6.45) is 3.23. The van der Waals surface area contributed by atoms with E-state index >= 15 is 0 Å². The fourth-order valence-electron chi connectivity index (χ4n) is 4.69. The van der Waals surface area contributed by atoms with Crippen molar-refractivity contribution in [3.63, 3.8) is 0 Å². The van der Waals surface area contributed by atoms with Crippen molar-refractivity contribution < 1.29 is 32.3 Å². The summed E-state index contributed by atoms with van der Waals surface area (Å²) in [5, 5.41) is 13.2. The number of benzene rings is 3. The van der Waals surface area contributed by atoms with Crippen LogP contribution in [0.15, 0.2) is 82.3 Å². The van der Waals surface area contributed by atoms with Crippen molar-refractivity contribution in [1.29, 1.82) is 0 Å². The molecule has 0 fully saturated rings. The lowest BCUT2D eigenvalue weighted by atomic mass is 9.96. The lowest BCUT2D eigenvalue weighted by molar-refractivity contribution is -0.139. The van der Waals surface area contributed by atoms with Gasteiger partial charge in [0, 0.05) is 42.3 Å². The highest BCUT2D eigenvalue weighted by molar-refractivity contribution is 7.90. The second kappa shape index (κ2) is 10.4. The largest absolute Gasteiger partial charge is 0.480 e. The van der Waals surface area contributed by atoms with Gasteiger partial charge in [0.15, 0.2) is 9.84 Å². The molecule has 0 saturated heterocycles. The number of nitrogens with zero attached hydrogens (tertiary/aromatic N) is 1. The van der Waals surface area contributed by atoms with Crippen molar-refractivity contribution in [2.75, 3.05) is 12.8 Å². The van der Waals surface area contributed by atoms with Gasteiger partial charge in [-0.05, 0) is 65.6 Å². The standard InChI is InChI=1S/C29H26N2O7S/c1-39(36,37)24-8-2-18(3-9-24)14-25(29(34)35)30-27(32)21-5-7-23-17-31(12-10-20(23)15-21)28(33)22-6-4-19-11-13-38-26(19)16-22/h2-9,11,13,15-16,25H,10,12,14,17H2,1H3,(H,30,32)(H,34,35)/t25-/m0/s1. The summed E-state index contributed by atoms with van der Waals surface area (Å²) < 4.78 is 28.7. The molecule has 0 saturated carbocycles. The number of hydrogen-bond donors (Lipinski definition) is 2. The van der Waals surface area contributed by atoms with E-state index < -0.39 is 27.8 Å². The maximum Gasteiger partial charge on any atom is 0.326 e. The average molecular weight is 547 g/mol. The SMILES string of the molecule is CS(=O)(=O)c1ccc(C[C@H](NC(=O)c2ccc3c(c2)CCN(C(=O)c2ccc4ccoc4c2)C3)C(=O)O)cc1. The van der Waals surface area contributed by atoms with Gasteiger partial charge in [0.05, 0.1) is 11.2 Å². The van der Waals surface area contributed by atoms with Gasteiger partial charge >= 0.3 is 5.97 Å². The topological polar surface area (TPSA) is 134 Å². The number of carbonyl (C=O) groups excluding carboxylic acids is 2. The maximum atomic E-state index is 13.1. The normalized spacial score (nSPS) is 14.0. The van der Waals surface area contributed by atoms with E-state index in [-0.39, 0.29) is 17.2 Å². The number of nitrogens with one attached hydrogen (secondary N) is 1. The highest BCUT2D eigenvalue weighted by atomic mass is 32.2. The zero-order valence-corrected chi connectivity index (χ0v) is 21.9. The summed E-state index contributed by atoms with van der Waals surface area (Å²) in [6, 6.07) is 17.1. The van der Waals surface area contributed by atoms with Gasteiger partial charge in [0.2, 0.25) is 0 Å². The first kappa shape index (κ1) is 26.2. The Morgan fingerprint density at radius 1 is 0.974 bits per heavy atom. The Morgan fingerprint density at radius 3 is 2.44 bits per heavy atom. The number of amides is 2. The van der Waals surface area contributed by atoms with Gasteiger partial charge in [-0.1, -0.05) is 24.3 Å². The van der Waals surface area contributed by atoms with Crippen molar-refractivity contribution in [2.45, 2.75) is 30.3 Å². The Balaban J connectivity index is 1.25. The summed E-state index contributed by atoms with van der Waals surface area (Å²) in [4.78, 5) is 39.8. The van der Waals surface area contributed by atoms with E-state index in [1.807, 2.05) is 12.1 Å². The van der Waals surface area contributed by atoms with E-state index in [1.54, 1.807) is 41.5 Å². The highest BCUT2D eigenvalue weighted by Gasteiger charge is 2.25. The van der Waals surface area contributed by atoms with E-state index in [4.69, 9.17) is 4.42 Å². The number of rotatable bonds is 7. The molecule has 4 aromatic rings. The van der Waals surface area contributed by atoms with Crippen LogP contribution in [0.25, 0.3) is 11.0 Å². The van der Waals surface area contributed by atoms with Gasteiger partial charge in [0.25, 0.3) is 11.8 Å². The molecule has 0 radical (unpaired) electrons. The van der Waals surface area contributed by atoms with Gasteiger partial charge < -0.3 is 19.7 Å². The molecule has 2 amide bonds. The Kier molecular flexibility index (Phi) is 6.96. The summed E-state index contributed by atoms with van der Waals surface area (Å²) in [5.74, 6) is -1.83. The summed E-state index contributed by atoms with van der Waals surface area (Å²) >= 11 is 0. The minimum Gasteiger partial charge on any atom is -0.480 e. The van der Waals surface area contributed by atoms with E-state index in [1.165, 1.54) is 24.3 Å². The van der Waals surface area contributed by atoms with Crippen LogP contribution in [0.3, 0.4) is 0 Å². The van der Waals surface area contributed by atoms with Crippen LogP contribution < -0.4 is 5.32 Å². The van der Waals surface area contributed by atoms with Crippen molar-refractivity contribution in [3.8, 4) is 0 Å². The third-order valence-electron chi connectivity index (χ3n) is 6.87. The molecular weight excluding hydrogens is 520 g/mol. The summed E-state index contributed by atoms with van der Waals surface area (Å²) in [6.45, 7) is 0.877. The molecule has 2 N–H and O–H groups in total.